The number of thiophene rings is 1. The van der Waals surface area contributed by atoms with Gasteiger partial charge in [-0.2, -0.15) is 0 Å². The summed E-state index contributed by atoms with van der Waals surface area (Å²) in [6.45, 7) is 7.66. The number of hydrogen-bond donors (Lipinski definition) is 1. The highest BCUT2D eigenvalue weighted by Crippen LogP contribution is 2.26. The molecule has 0 saturated carbocycles. The van der Waals surface area contributed by atoms with E-state index in [0.29, 0.717) is 6.04 Å². The molecule has 2 aromatic rings. The smallest absolute Gasteiger partial charge is 0.127 e. The first-order chi connectivity index (χ1) is 8.74. The van der Waals surface area contributed by atoms with Gasteiger partial charge in [0, 0.05) is 22.7 Å². The summed E-state index contributed by atoms with van der Waals surface area (Å²) in [6, 6.07) is 2.72. The first-order valence-corrected chi connectivity index (χ1v) is 7.51. The zero-order chi connectivity index (χ0) is 13.0. The average molecular weight is 263 g/mol. The van der Waals surface area contributed by atoms with Crippen LogP contribution in [-0.4, -0.2) is 22.6 Å². The van der Waals surface area contributed by atoms with Crippen molar-refractivity contribution >= 4 is 21.6 Å². The number of aryl methyl sites for hydroxylation is 1. The van der Waals surface area contributed by atoms with E-state index in [2.05, 4.69) is 42.1 Å². The molecule has 4 heteroatoms. The van der Waals surface area contributed by atoms with E-state index in [1.165, 1.54) is 22.4 Å². The Hall–Kier alpha value is -1.00. The van der Waals surface area contributed by atoms with Crippen molar-refractivity contribution in [2.75, 3.05) is 6.54 Å². The van der Waals surface area contributed by atoms with Gasteiger partial charge in [-0.15, -0.1) is 11.3 Å². The molecule has 0 aliphatic carbocycles. The number of fused-ring (bicyclic) bond motifs is 1. The summed E-state index contributed by atoms with van der Waals surface area (Å²) in [5.74, 6) is 0. The van der Waals surface area contributed by atoms with E-state index in [-0.39, 0.29) is 0 Å². The fourth-order valence-electron chi connectivity index (χ4n) is 2.04. The Morgan fingerprint density at radius 2 is 2.17 bits per heavy atom. The molecule has 3 nitrogen and oxygen atoms in total. The summed E-state index contributed by atoms with van der Waals surface area (Å²) in [4.78, 5) is 11.3. The van der Waals surface area contributed by atoms with Crippen molar-refractivity contribution in [1.82, 2.24) is 15.3 Å². The summed E-state index contributed by atoms with van der Waals surface area (Å²) in [5.41, 5.74) is 1.17. The van der Waals surface area contributed by atoms with Crippen LogP contribution in [0.25, 0.3) is 10.2 Å². The van der Waals surface area contributed by atoms with Gasteiger partial charge in [0.05, 0.1) is 5.69 Å². The first kappa shape index (κ1) is 13.4. The van der Waals surface area contributed by atoms with Gasteiger partial charge < -0.3 is 5.32 Å². The second kappa shape index (κ2) is 6.25. The Balaban J connectivity index is 2.19. The molecule has 0 radical (unpaired) electrons. The molecule has 98 valence electrons. The number of nitrogens with zero attached hydrogens (tertiary/aromatic N) is 2. The average Bonchev–Trinajstić information content (AvgIpc) is 2.80. The maximum Gasteiger partial charge on any atom is 0.127 e. The minimum Gasteiger partial charge on any atom is -0.314 e. The topological polar surface area (TPSA) is 37.8 Å². The minimum absolute atomic E-state index is 0.466. The molecular weight excluding hydrogens is 242 g/mol. The second-order valence-electron chi connectivity index (χ2n) is 4.66. The van der Waals surface area contributed by atoms with Crippen LogP contribution in [0.5, 0.6) is 0 Å². The predicted molar refractivity (Wildman–Crippen MR) is 78.3 cm³/mol. The van der Waals surface area contributed by atoms with Crippen molar-refractivity contribution in [1.29, 1.82) is 0 Å². The predicted octanol–water partition coefficient (Wildman–Crippen LogP) is 3.18. The number of nitrogens with one attached hydrogen (secondary N) is 1. The molecule has 0 aromatic carbocycles. The van der Waals surface area contributed by atoms with Crippen LogP contribution in [0.1, 0.15) is 37.8 Å². The van der Waals surface area contributed by atoms with Gasteiger partial charge in [-0.3, -0.25) is 0 Å². The first-order valence-electron chi connectivity index (χ1n) is 6.70. The molecule has 0 aliphatic heterocycles. The van der Waals surface area contributed by atoms with E-state index >= 15 is 0 Å². The Labute approximate surface area is 113 Å². The van der Waals surface area contributed by atoms with Crippen LogP contribution in [-0.2, 0) is 12.8 Å². The molecule has 1 atom stereocenters. The lowest BCUT2D eigenvalue weighted by Gasteiger charge is -2.12. The summed E-state index contributed by atoms with van der Waals surface area (Å²) in [6.07, 6.45) is 4.91. The summed E-state index contributed by atoms with van der Waals surface area (Å²) in [5, 5.41) is 4.75. The SMILES string of the molecule is CCCNC(C)Cc1ncnc2sc(CC)cc12. The Morgan fingerprint density at radius 3 is 2.89 bits per heavy atom. The van der Waals surface area contributed by atoms with E-state index < -0.39 is 0 Å². The highest BCUT2D eigenvalue weighted by molar-refractivity contribution is 7.18. The van der Waals surface area contributed by atoms with Crippen molar-refractivity contribution in [2.24, 2.45) is 0 Å². The molecule has 0 saturated heterocycles. The van der Waals surface area contributed by atoms with Crippen LogP contribution >= 0.6 is 11.3 Å². The zero-order valence-corrected chi connectivity index (χ0v) is 12.2. The minimum atomic E-state index is 0.466. The van der Waals surface area contributed by atoms with E-state index in [9.17, 15) is 0 Å². The van der Waals surface area contributed by atoms with Crippen LogP contribution in [0.15, 0.2) is 12.4 Å². The van der Waals surface area contributed by atoms with Crippen LogP contribution in [0.3, 0.4) is 0 Å². The Morgan fingerprint density at radius 1 is 1.33 bits per heavy atom. The molecule has 18 heavy (non-hydrogen) atoms. The Kier molecular flexibility index (Phi) is 4.66. The van der Waals surface area contributed by atoms with Crippen molar-refractivity contribution in [3.05, 3.63) is 23.0 Å². The van der Waals surface area contributed by atoms with Gasteiger partial charge in [-0.05, 0) is 32.4 Å². The van der Waals surface area contributed by atoms with E-state index in [1.807, 2.05) is 0 Å². The highest BCUT2D eigenvalue weighted by atomic mass is 32.1. The maximum atomic E-state index is 4.46. The van der Waals surface area contributed by atoms with Crippen LogP contribution < -0.4 is 5.32 Å². The lowest BCUT2D eigenvalue weighted by atomic mass is 10.1. The van der Waals surface area contributed by atoms with Gasteiger partial charge in [-0.25, -0.2) is 9.97 Å². The molecule has 0 spiro atoms. The van der Waals surface area contributed by atoms with E-state index in [1.54, 1.807) is 17.7 Å². The molecule has 0 fully saturated rings. The van der Waals surface area contributed by atoms with Crippen molar-refractivity contribution < 1.29 is 0 Å². The lowest BCUT2D eigenvalue weighted by Crippen LogP contribution is -2.29. The van der Waals surface area contributed by atoms with Gasteiger partial charge in [-0.1, -0.05) is 13.8 Å². The largest absolute Gasteiger partial charge is 0.314 e. The van der Waals surface area contributed by atoms with Gasteiger partial charge in [0.2, 0.25) is 0 Å². The molecule has 2 heterocycles. The standard InChI is InChI=1S/C14H21N3S/c1-4-6-15-10(3)7-13-12-8-11(5-2)18-14(12)17-9-16-13/h8-10,15H,4-7H2,1-3H3. The van der Waals surface area contributed by atoms with E-state index in [0.717, 1.165) is 24.2 Å². The quantitative estimate of drug-likeness (QED) is 0.870. The summed E-state index contributed by atoms with van der Waals surface area (Å²) < 4.78 is 0. The third-order valence-corrected chi connectivity index (χ3v) is 4.24. The van der Waals surface area contributed by atoms with Gasteiger partial charge >= 0.3 is 0 Å². The van der Waals surface area contributed by atoms with Gasteiger partial charge in [0.15, 0.2) is 0 Å². The zero-order valence-electron chi connectivity index (χ0n) is 11.4. The molecule has 0 amide bonds. The van der Waals surface area contributed by atoms with E-state index in [4.69, 9.17) is 0 Å². The third kappa shape index (κ3) is 3.06. The molecule has 0 aliphatic rings. The molecule has 1 N–H and O–H groups in total. The number of rotatable bonds is 6. The maximum absolute atomic E-state index is 4.46. The number of hydrogen-bond acceptors (Lipinski definition) is 4. The summed E-state index contributed by atoms with van der Waals surface area (Å²) >= 11 is 1.78. The third-order valence-electron chi connectivity index (χ3n) is 3.05. The second-order valence-corrected chi connectivity index (χ2v) is 5.78. The fourth-order valence-corrected chi connectivity index (χ4v) is 3.00. The molecule has 0 bridgehead atoms. The molecule has 1 unspecified atom stereocenters. The van der Waals surface area contributed by atoms with Crippen LogP contribution in [0.4, 0.5) is 0 Å². The van der Waals surface area contributed by atoms with Crippen LogP contribution in [0, 0.1) is 0 Å². The highest BCUT2D eigenvalue weighted by Gasteiger charge is 2.10. The molecule has 2 rings (SSSR count). The van der Waals surface area contributed by atoms with Gasteiger partial charge in [0.1, 0.15) is 11.2 Å². The van der Waals surface area contributed by atoms with Gasteiger partial charge in [0.25, 0.3) is 0 Å². The molecular formula is C14H21N3S. The van der Waals surface area contributed by atoms with Crippen molar-refractivity contribution in [3.63, 3.8) is 0 Å². The normalized spacial score (nSPS) is 13.1. The Bertz CT molecular complexity index is 507. The van der Waals surface area contributed by atoms with Crippen molar-refractivity contribution in [3.8, 4) is 0 Å². The van der Waals surface area contributed by atoms with Crippen LogP contribution in [0.2, 0.25) is 0 Å². The number of aromatic nitrogens is 2. The lowest BCUT2D eigenvalue weighted by molar-refractivity contribution is 0.540. The molecule has 2 aromatic heterocycles. The van der Waals surface area contributed by atoms with Crippen molar-refractivity contribution in [2.45, 2.75) is 46.1 Å². The monoisotopic (exact) mass is 263 g/mol. The fraction of sp³-hybridized carbons (Fsp3) is 0.571. The summed E-state index contributed by atoms with van der Waals surface area (Å²) in [7, 11) is 0.